The van der Waals surface area contributed by atoms with Gasteiger partial charge in [0.05, 0.1) is 5.25 Å². The smallest absolute Gasteiger partial charge is 0.251 e. The van der Waals surface area contributed by atoms with Gasteiger partial charge in [0, 0.05) is 23.5 Å². The van der Waals surface area contributed by atoms with E-state index in [2.05, 4.69) is 10.6 Å². The van der Waals surface area contributed by atoms with Crippen LogP contribution >= 0.6 is 11.8 Å². The van der Waals surface area contributed by atoms with Gasteiger partial charge in [-0.15, -0.1) is 11.8 Å². The Morgan fingerprint density at radius 1 is 0.958 bits per heavy atom. The van der Waals surface area contributed by atoms with E-state index < -0.39 is 0 Å². The summed E-state index contributed by atoms with van der Waals surface area (Å²) in [5, 5.41) is 5.45. The first-order chi connectivity index (χ1) is 11.6. The molecule has 0 aliphatic rings. The molecule has 0 aromatic heterocycles. The zero-order valence-corrected chi connectivity index (χ0v) is 14.7. The number of amides is 2. The summed E-state index contributed by atoms with van der Waals surface area (Å²) in [5.41, 5.74) is 1.82. The largest absolute Gasteiger partial charge is 0.353 e. The Balaban J connectivity index is 1.69. The standard InChI is InChI=1S/C19H22N2O2S/c1-14-8-10-17(11-9-14)24-15(2)18(22)20-12-13-21-19(23)16-6-4-3-5-7-16/h3-11,15H,12-13H2,1-2H3,(H,20,22)(H,21,23). The van der Waals surface area contributed by atoms with E-state index in [1.165, 1.54) is 17.3 Å². The normalized spacial score (nSPS) is 11.6. The van der Waals surface area contributed by atoms with Crippen molar-refractivity contribution in [1.82, 2.24) is 10.6 Å². The van der Waals surface area contributed by atoms with Gasteiger partial charge in [0.15, 0.2) is 0 Å². The van der Waals surface area contributed by atoms with Gasteiger partial charge in [-0.1, -0.05) is 35.9 Å². The Morgan fingerprint density at radius 2 is 1.58 bits per heavy atom. The third-order valence-corrected chi connectivity index (χ3v) is 4.56. The molecule has 126 valence electrons. The molecule has 4 nitrogen and oxygen atoms in total. The zero-order valence-electron chi connectivity index (χ0n) is 13.9. The predicted molar refractivity (Wildman–Crippen MR) is 98.3 cm³/mol. The lowest BCUT2D eigenvalue weighted by Crippen LogP contribution is -2.37. The molecule has 2 aromatic rings. The molecule has 24 heavy (non-hydrogen) atoms. The summed E-state index contributed by atoms with van der Waals surface area (Å²) in [6.45, 7) is 4.73. The number of rotatable bonds is 7. The van der Waals surface area contributed by atoms with E-state index in [-0.39, 0.29) is 17.1 Å². The molecule has 1 atom stereocenters. The number of benzene rings is 2. The van der Waals surface area contributed by atoms with Crippen molar-refractivity contribution < 1.29 is 9.59 Å². The highest BCUT2D eigenvalue weighted by Gasteiger charge is 2.13. The van der Waals surface area contributed by atoms with E-state index in [4.69, 9.17) is 0 Å². The summed E-state index contributed by atoms with van der Waals surface area (Å²) in [6, 6.07) is 17.1. The van der Waals surface area contributed by atoms with E-state index in [1.54, 1.807) is 12.1 Å². The first-order valence-corrected chi connectivity index (χ1v) is 8.78. The van der Waals surface area contributed by atoms with Crippen molar-refractivity contribution in [3.63, 3.8) is 0 Å². The van der Waals surface area contributed by atoms with Crippen LogP contribution in [0.5, 0.6) is 0 Å². The monoisotopic (exact) mass is 342 g/mol. The molecule has 0 saturated carbocycles. The molecule has 2 aromatic carbocycles. The highest BCUT2D eigenvalue weighted by molar-refractivity contribution is 8.00. The first kappa shape index (κ1) is 18.1. The fourth-order valence-electron chi connectivity index (χ4n) is 2.07. The van der Waals surface area contributed by atoms with Crippen molar-refractivity contribution in [2.45, 2.75) is 24.0 Å². The molecule has 0 spiro atoms. The quantitative estimate of drug-likeness (QED) is 0.601. The number of aryl methyl sites for hydroxylation is 1. The predicted octanol–water partition coefficient (Wildman–Crippen LogP) is 3.02. The minimum absolute atomic E-state index is 0.0328. The number of carbonyl (C=O) groups is 2. The minimum Gasteiger partial charge on any atom is -0.353 e. The molecule has 0 bridgehead atoms. The Kier molecular flexibility index (Phi) is 6.88. The van der Waals surface area contributed by atoms with Crippen molar-refractivity contribution in [3.8, 4) is 0 Å². The summed E-state index contributed by atoms with van der Waals surface area (Å²) >= 11 is 1.52. The van der Waals surface area contributed by atoms with Crippen LogP contribution in [-0.2, 0) is 4.79 Å². The van der Waals surface area contributed by atoms with Crippen LogP contribution in [0.25, 0.3) is 0 Å². The van der Waals surface area contributed by atoms with Crippen molar-refractivity contribution in [2.75, 3.05) is 13.1 Å². The van der Waals surface area contributed by atoms with E-state index in [0.717, 1.165) is 4.90 Å². The average molecular weight is 342 g/mol. The SMILES string of the molecule is Cc1ccc(SC(C)C(=O)NCCNC(=O)c2ccccc2)cc1. The Morgan fingerprint density at radius 3 is 2.25 bits per heavy atom. The van der Waals surface area contributed by atoms with E-state index in [1.807, 2.05) is 56.3 Å². The molecule has 2 rings (SSSR count). The topological polar surface area (TPSA) is 58.2 Å². The second-order valence-electron chi connectivity index (χ2n) is 5.49. The van der Waals surface area contributed by atoms with Crippen LogP contribution in [0, 0.1) is 6.92 Å². The summed E-state index contributed by atoms with van der Waals surface area (Å²) in [5.74, 6) is -0.165. The fourth-order valence-corrected chi connectivity index (χ4v) is 2.96. The van der Waals surface area contributed by atoms with Gasteiger partial charge in [0.2, 0.25) is 5.91 Å². The molecule has 2 amide bonds. The second kappa shape index (κ2) is 9.13. The van der Waals surface area contributed by atoms with Gasteiger partial charge >= 0.3 is 0 Å². The summed E-state index contributed by atoms with van der Waals surface area (Å²) < 4.78 is 0. The van der Waals surface area contributed by atoms with Crippen LogP contribution in [0.15, 0.2) is 59.5 Å². The number of thioether (sulfide) groups is 1. The third-order valence-electron chi connectivity index (χ3n) is 3.45. The molecule has 0 heterocycles. The maximum atomic E-state index is 12.1. The molecular weight excluding hydrogens is 320 g/mol. The van der Waals surface area contributed by atoms with Crippen LogP contribution in [0.4, 0.5) is 0 Å². The highest BCUT2D eigenvalue weighted by atomic mass is 32.2. The lowest BCUT2D eigenvalue weighted by atomic mass is 10.2. The number of carbonyl (C=O) groups excluding carboxylic acids is 2. The molecule has 0 aliphatic heterocycles. The van der Waals surface area contributed by atoms with Crippen molar-refractivity contribution >= 4 is 23.6 Å². The van der Waals surface area contributed by atoms with Crippen LogP contribution < -0.4 is 10.6 Å². The molecule has 0 aliphatic carbocycles. The van der Waals surface area contributed by atoms with Crippen LogP contribution in [0.1, 0.15) is 22.8 Å². The molecule has 0 radical (unpaired) electrons. The molecule has 1 unspecified atom stereocenters. The van der Waals surface area contributed by atoms with E-state index in [9.17, 15) is 9.59 Å². The van der Waals surface area contributed by atoms with Gasteiger partial charge in [0.1, 0.15) is 0 Å². The van der Waals surface area contributed by atoms with Gasteiger partial charge < -0.3 is 10.6 Å². The van der Waals surface area contributed by atoms with Crippen LogP contribution in [0.2, 0.25) is 0 Å². The lowest BCUT2D eigenvalue weighted by Gasteiger charge is -2.12. The second-order valence-corrected chi connectivity index (χ2v) is 6.90. The molecule has 0 saturated heterocycles. The third kappa shape index (κ3) is 5.74. The highest BCUT2D eigenvalue weighted by Crippen LogP contribution is 2.23. The molecule has 0 fully saturated rings. The number of hydrogen-bond acceptors (Lipinski definition) is 3. The van der Waals surface area contributed by atoms with E-state index in [0.29, 0.717) is 18.7 Å². The number of hydrogen-bond donors (Lipinski definition) is 2. The maximum absolute atomic E-state index is 12.1. The Labute approximate surface area is 147 Å². The summed E-state index contributed by atoms with van der Waals surface area (Å²) in [7, 11) is 0. The molecular formula is C19H22N2O2S. The van der Waals surface area contributed by atoms with Crippen molar-refractivity contribution in [3.05, 3.63) is 65.7 Å². The first-order valence-electron chi connectivity index (χ1n) is 7.90. The summed E-state index contributed by atoms with van der Waals surface area (Å²) in [4.78, 5) is 25.0. The van der Waals surface area contributed by atoms with Crippen molar-refractivity contribution in [2.24, 2.45) is 0 Å². The fraction of sp³-hybridized carbons (Fsp3) is 0.263. The minimum atomic E-state index is -0.183. The summed E-state index contributed by atoms with van der Waals surface area (Å²) in [6.07, 6.45) is 0. The van der Waals surface area contributed by atoms with Gasteiger partial charge in [-0.05, 0) is 38.1 Å². The van der Waals surface area contributed by atoms with Crippen LogP contribution in [-0.4, -0.2) is 30.2 Å². The lowest BCUT2D eigenvalue weighted by molar-refractivity contribution is -0.120. The van der Waals surface area contributed by atoms with E-state index >= 15 is 0 Å². The average Bonchev–Trinajstić information content (AvgIpc) is 2.61. The van der Waals surface area contributed by atoms with Crippen LogP contribution in [0.3, 0.4) is 0 Å². The number of nitrogens with one attached hydrogen (secondary N) is 2. The van der Waals surface area contributed by atoms with Crippen molar-refractivity contribution in [1.29, 1.82) is 0 Å². The van der Waals surface area contributed by atoms with Gasteiger partial charge in [0.25, 0.3) is 5.91 Å². The van der Waals surface area contributed by atoms with Gasteiger partial charge in [-0.3, -0.25) is 9.59 Å². The maximum Gasteiger partial charge on any atom is 0.251 e. The van der Waals surface area contributed by atoms with Gasteiger partial charge in [-0.25, -0.2) is 0 Å². The molecule has 5 heteroatoms. The molecule has 2 N–H and O–H groups in total. The Bertz CT molecular complexity index is 672. The Hall–Kier alpha value is -2.27. The van der Waals surface area contributed by atoms with Gasteiger partial charge in [-0.2, -0.15) is 0 Å². The zero-order chi connectivity index (χ0) is 17.4.